The van der Waals surface area contributed by atoms with Crippen LogP contribution in [0.1, 0.15) is 36.4 Å². The molecular formula is C14H19BrN4S. The van der Waals surface area contributed by atoms with Crippen LogP contribution in [0.4, 0.5) is 0 Å². The summed E-state index contributed by atoms with van der Waals surface area (Å²) in [4.78, 5) is 3.97. The maximum absolute atomic E-state index is 4.34. The second kappa shape index (κ2) is 6.37. The molecular weight excluding hydrogens is 336 g/mol. The molecule has 1 atom stereocenters. The van der Waals surface area contributed by atoms with Crippen LogP contribution in [0.2, 0.25) is 0 Å². The summed E-state index contributed by atoms with van der Waals surface area (Å²) in [6, 6.07) is 4.35. The molecule has 1 saturated heterocycles. The lowest BCUT2D eigenvalue weighted by atomic mass is 9.97. The first-order chi connectivity index (χ1) is 9.76. The molecule has 3 rings (SSSR count). The van der Waals surface area contributed by atoms with Crippen molar-refractivity contribution in [2.75, 3.05) is 13.1 Å². The molecule has 1 fully saturated rings. The van der Waals surface area contributed by atoms with E-state index in [0.717, 1.165) is 25.5 Å². The molecule has 1 aliphatic heterocycles. The summed E-state index contributed by atoms with van der Waals surface area (Å²) in [5.41, 5.74) is 0. The molecule has 108 valence electrons. The Labute approximate surface area is 131 Å². The van der Waals surface area contributed by atoms with Gasteiger partial charge in [0, 0.05) is 30.4 Å². The third-order valence-electron chi connectivity index (χ3n) is 3.87. The number of rotatable bonds is 4. The SMILES string of the molecule is CCn1cnnc1C1CCCN(Cc2ccc(Br)s2)C1. The van der Waals surface area contributed by atoms with Gasteiger partial charge in [-0.05, 0) is 54.4 Å². The molecule has 0 aromatic carbocycles. The molecule has 3 heterocycles. The molecule has 0 bridgehead atoms. The summed E-state index contributed by atoms with van der Waals surface area (Å²) < 4.78 is 3.39. The molecule has 1 unspecified atom stereocenters. The van der Waals surface area contributed by atoms with E-state index in [4.69, 9.17) is 0 Å². The quantitative estimate of drug-likeness (QED) is 0.842. The van der Waals surface area contributed by atoms with Gasteiger partial charge >= 0.3 is 0 Å². The van der Waals surface area contributed by atoms with Crippen molar-refractivity contribution in [3.05, 3.63) is 32.9 Å². The summed E-state index contributed by atoms with van der Waals surface area (Å²) >= 11 is 5.37. The Morgan fingerprint density at radius 1 is 1.45 bits per heavy atom. The molecule has 2 aromatic heterocycles. The van der Waals surface area contributed by atoms with E-state index in [1.807, 2.05) is 17.7 Å². The minimum Gasteiger partial charge on any atom is -0.318 e. The van der Waals surface area contributed by atoms with E-state index in [1.54, 1.807) is 0 Å². The zero-order valence-corrected chi connectivity index (χ0v) is 14.0. The number of hydrogen-bond acceptors (Lipinski definition) is 4. The molecule has 1 aliphatic rings. The largest absolute Gasteiger partial charge is 0.318 e. The lowest BCUT2D eigenvalue weighted by Crippen LogP contribution is -2.34. The molecule has 20 heavy (non-hydrogen) atoms. The molecule has 0 aliphatic carbocycles. The van der Waals surface area contributed by atoms with Crippen LogP contribution in [-0.4, -0.2) is 32.8 Å². The van der Waals surface area contributed by atoms with E-state index in [0.29, 0.717) is 5.92 Å². The Balaban J connectivity index is 1.67. The summed E-state index contributed by atoms with van der Waals surface area (Å²) in [7, 11) is 0. The van der Waals surface area contributed by atoms with Crippen LogP contribution < -0.4 is 0 Å². The van der Waals surface area contributed by atoms with Crippen LogP contribution in [0.3, 0.4) is 0 Å². The Hall–Kier alpha value is -0.720. The zero-order chi connectivity index (χ0) is 13.9. The van der Waals surface area contributed by atoms with Gasteiger partial charge in [-0.25, -0.2) is 0 Å². The van der Waals surface area contributed by atoms with Crippen molar-refractivity contribution in [2.45, 2.75) is 38.8 Å². The third kappa shape index (κ3) is 3.13. The normalized spacial score (nSPS) is 20.4. The van der Waals surface area contributed by atoms with Crippen molar-refractivity contribution >= 4 is 27.3 Å². The number of nitrogens with zero attached hydrogens (tertiary/aromatic N) is 4. The van der Waals surface area contributed by atoms with Gasteiger partial charge in [0.25, 0.3) is 0 Å². The molecule has 0 spiro atoms. The second-order valence-electron chi connectivity index (χ2n) is 5.26. The predicted octanol–water partition coefficient (Wildman–Crippen LogP) is 3.50. The van der Waals surface area contributed by atoms with Gasteiger partial charge in [0.15, 0.2) is 0 Å². The van der Waals surface area contributed by atoms with Gasteiger partial charge in [0.1, 0.15) is 12.2 Å². The fourth-order valence-corrected chi connectivity index (χ4v) is 4.42. The van der Waals surface area contributed by atoms with Gasteiger partial charge < -0.3 is 4.57 Å². The summed E-state index contributed by atoms with van der Waals surface area (Å²) in [5.74, 6) is 1.68. The van der Waals surface area contributed by atoms with Gasteiger partial charge in [-0.2, -0.15) is 0 Å². The van der Waals surface area contributed by atoms with Crippen molar-refractivity contribution in [3.63, 3.8) is 0 Å². The molecule has 0 amide bonds. The minimum absolute atomic E-state index is 0.523. The van der Waals surface area contributed by atoms with Crippen molar-refractivity contribution in [1.82, 2.24) is 19.7 Å². The number of likely N-dealkylation sites (tertiary alicyclic amines) is 1. The smallest absolute Gasteiger partial charge is 0.137 e. The van der Waals surface area contributed by atoms with Gasteiger partial charge in [-0.3, -0.25) is 4.90 Å². The first kappa shape index (κ1) is 14.2. The van der Waals surface area contributed by atoms with Crippen molar-refractivity contribution < 1.29 is 0 Å². The van der Waals surface area contributed by atoms with Crippen molar-refractivity contribution in [2.24, 2.45) is 0 Å². The fraction of sp³-hybridized carbons (Fsp3) is 0.571. The topological polar surface area (TPSA) is 34.0 Å². The zero-order valence-electron chi connectivity index (χ0n) is 11.6. The Morgan fingerprint density at radius 3 is 3.10 bits per heavy atom. The van der Waals surface area contributed by atoms with E-state index in [2.05, 4.69) is 54.7 Å². The summed E-state index contributed by atoms with van der Waals surface area (Å²) in [5, 5.41) is 8.41. The van der Waals surface area contributed by atoms with E-state index in [1.165, 1.54) is 28.0 Å². The summed E-state index contributed by atoms with van der Waals surface area (Å²) in [6.07, 6.45) is 4.32. The standard InChI is InChI=1S/C14H19BrN4S/c1-2-19-10-16-17-14(19)11-4-3-7-18(8-11)9-12-5-6-13(15)20-12/h5-6,10-11H,2-4,7-9H2,1H3. The highest BCUT2D eigenvalue weighted by Crippen LogP contribution is 2.28. The van der Waals surface area contributed by atoms with Crippen LogP contribution in [0, 0.1) is 0 Å². The lowest BCUT2D eigenvalue weighted by Gasteiger charge is -2.31. The highest BCUT2D eigenvalue weighted by molar-refractivity contribution is 9.11. The molecule has 4 nitrogen and oxygen atoms in total. The Bertz CT molecular complexity index is 565. The molecule has 0 saturated carbocycles. The number of piperidine rings is 1. The molecule has 0 N–H and O–H groups in total. The highest BCUT2D eigenvalue weighted by Gasteiger charge is 2.25. The van der Waals surface area contributed by atoms with Gasteiger partial charge in [0.05, 0.1) is 3.79 Å². The second-order valence-corrected chi connectivity index (χ2v) is 7.80. The average Bonchev–Trinajstić information content (AvgIpc) is 3.08. The maximum Gasteiger partial charge on any atom is 0.137 e. The fourth-order valence-electron chi connectivity index (χ4n) is 2.89. The average molecular weight is 355 g/mol. The van der Waals surface area contributed by atoms with Crippen LogP contribution in [-0.2, 0) is 13.1 Å². The summed E-state index contributed by atoms with van der Waals surface area (Å²) in [6.45, 7) is 6.43. The van der Waals surface area contributed by atoms with E-state index in [9.17, 15) is 0 Å². The van der Waals surface area contributed by atoms with Gasteiger partial charge in [-0.15, -0.1) is 21.5 Å². The van der Waals surface area contributed by atoms with Gasteiger partial charge in [-0.1, -0.05) is 0 Å². The number of thiophene rings is 1. The minimum atomic E-state index is 0.523. The molecule has 0 radical (unpaired) electrons. The van der Waals surface area contributed by atoms with Crippen LogP contribution >= 0.6 is 27.3 Å². The monoisotopic (exact) mass is 354 g/mol. The maximum atomic E-state index is 4.34. The van der Waals surface area contributed by atoms with E-state index < -0.39 is 0 Å². The van der Waals surface area contributed by atoms with Crippen molar-refractivity contribution in [3.8, 4) is 0 Å². The Kier molecular flexibility index (Phi) is 4.53. The first-order valence-corrected chi connectivity index (χ1v) is 8.71. The number of aromatic nitrogens is 3. The van der Waals surface area contributed by atoms with Crippen LogP contribution in [0.25, 0.3) is 0 Å². The first-order valence-electron chi connectivity index (χ1n) is 7.10. The van der Waals surface area contributed by atoms with E-state index >= 15 is 0 Å². The Morgan fingerprint density at radius 2 is 2.35 bits per heavy atom. The third-order valence-corrected chi connectivity index (χ3v) is 5.47. The lowest BCUT2D eigenvalue weighted by molar-refractivity contribution is 0.196. The van der Waals surface area contributed by atoms with E-state index in [-0.39, 0.29) is 0 Å². The number of aryl methyl sites for hydroxylation is 1. The number of hydrogen-bond donors (Lipinski definition) is 0. The van der Waals surface area contributed by atoms with Crippen LogP contribution in [0.5, 0.6) is 0 Å². The highest BCUT2D eigenvalue weighted by atomic mass is 79.9. The van der Waals surface area contributed by atoms with Crippen molar-refractivity contribution in [1.29, 1.82) is 0 Å². The predicted molar refractivity (Wildman–Crippen MR) is 85.0 cm³/mol. The number of halogens is 1. The molecule has 6 heteroatoms. The van der Waals surface area contributed by atoms with Gasteiger partial charge in [0.2, 0.25) is 0 Å². The molecule has 2 aromatic rings. The van der Waals surface area contributed by atoms with Crippen LogP contribution in [0.15, 0.2) is 22.2 Å².